The highest BCUT2D eigenvalue weighted by Crippen LogP contribution is 2.23. The predicted octanol–water partition coefficient (Wildman–Crippen LogP) is 2.73. The minimum absolute atomic E-state index is 0.0411. The average molecular weight is 493 g/mol. The fourth-order valence-electron chi connectivity index (χ4n) is 3.60. The van der Waals surface area contributed by atoms with Crippen molar-refractivity contribution in [3.05, 3.63) is 59.9 Å². The maximum Gasteiger partial charge on any atom is 0.297 e. The van der Waals surface area contributed by atoms with Gasteiger partial charge in [0.05, 0.1) is 23.5 Å². The van der Waals surface area contributed by atoms with E-state index in [9.17, 15) is 14.0 Å². The van der Waals surface area contributed by atoms with Crippen molar-refractivity contribution in [3.63, 3.8) is 0 Å². The molecule has 0 saturated carbocycles. The highest BCUT2D eigenvalue weighted by Gasteiger charge is 2.25. The molecule has 36 heavy (non-hydrogen) atoms. The van der Waals surface area contributed by atoms with Gasteiger partial charge in [0.2, 0.25) is 5.88 Å². The summed E-state index contributed by atoms with van der Waals surface area (Å²) >= 11 is 0. The molecule has 12 heteroatoms. The fourth-order valence-corrected chi connectivity index (χ4v) is 3.60. The monoisotopic (exact) mass is 493 g/mol. The lowest BCUT2D eigenvalue weighted by Gasteiger charge is -2.30. The third kappa shape index (κ3) is 6.12. The molecule has 0 bridgehead atoms. The number of nitrogens with one attached hydrogen (secondary N) is 2. The van der Waals surface area contributed by atoms with Gasteiger partial charge in [-0.2, -0.15) is 10.2 Å². The molecule has 186 valence electrons. The number of amides is 2. The predicted molar refractivity (Wildman–Crippen MR) is 126 cm³/mol. The summed E-state index contributed by atoms with van der Waals surface area (Å²) in [6.45, 7) is 0.854. The molecule has 2 N–H and O–H groups in total. The number of aromatic nitrogens is 3. The van der Waals surface area contributed by atoms with Crippen molar-refractivity contribution in [1.29, 1.82) is 5.26 Å². The Morgan fingerprint density at radius 3 is 2.78 bits per heavy atom. The van der Waals surface area contributed by atoms with Crippen LogP contribution in [0.5, 0.6) is 5.88 Å². The van der Waals surface area contributed by atoms with Gasteiger partial charge in [-0.15, -0.1) is 0 Å². The molecule has 0 spiro atoms. The van der Waals surface area contributed by atoms with Crippen LogP contribution < -0.4 is 20.3 Å². The maximum atomic E-state index is 12.7. The molecule has 0 radical (unpaired) electrons. The number of hydrogen-bond donors (Lipinski definition) is 2. The first kappa shape index (κ1) is 24.6. The van der Waals surface area contributed by atoms with Gasteiger partial charge < -0.3 is 24.7 Å². The molecule has 0 unspecified atom stereocenters. The van der Waals surface area contributed by atoms with Gasteiger partial charge in [-0.1, -0.05) is 0 Å². The van der Waals surface area contributed by atoms with Gasteiger partial charge in [-0.25, -0.2) is 4.98 Å². The van der Waals surface area contributed by atoms with Crippen molar-refractivity contribution in [2.75, 3.05) is 36.5 Å². The van der Waals surface area contributed by atoms with Gasteiger partial charge >= 0.3 is 0 Å². The summed E-state index contributed by atoms with van der Waals surface area (Å²) in [5.74, 6) is -0.540. The second-order valence-corrected chi connectivity index (χ2v) is 7.99. The molecule has 4 heterocycles. The van der Waals surface area contributed by atoms with Gasteiger partial charge in [0.1, 0.15) is 18.4 Å². The highest BCUT2D eigenvalue weighted by atomic mass is 19.1. The molecule has 0 aliphatic carbocycles. The summed E-state index contributed by atoms with van der Waals surface area (Å²) < 4.78 is 23.7. The summed E-state index contributed by atoms with van der Waals surface area (Å²) in [7, 11) is 0. The lowest BCUT2D eigenvalue weighted by atomic mass is 10.1. The summed E-state index contributed by atoms with van der Waals surface area (Å²) in [5, 5.41) is 14.1. The maximum absolute atomic E-state index is 12.7. The first-order valence-electron chi connectivity index (χ1n) is 11.4. The van der Waals surface area contributed by atoms with E-state index in [1.54, 1.807) is 12.1 Å². The number of nitrogens with zero attached hydrogens (tertiary/aromatic N) is 5. The Balaban J connectivity index is 1.32. The Kier molecular flexibility index (Phi) is 8.02. The van der Waals surface area contributed by atoms with Crippen molar-refractivity contribution in [3.8, 4) is 11.9 Å². The first-order chi connectivity index (χ1) is 17.6. The van der Waals surface area contributed by atoms with Gasteiger partial charge in [-0.05, 0) is 18.6 Å². The molecule has 0 aromatic carbocycles. The topological polar surface area (TPSA) is 146 Å². The van der Waals surface area contributed by atoms with E-state index < -0.39 is 18.5 Å². The smallest absolute Gasteiger partial charge is 0.297 e. The second-order valence-electron chi connectivity index (χ2n) is 7.99. The summed E-state index contributed by atoms with van der Waals surface area (Å²) in [4.78, 5) is 39.4. The van der Waals surface area contributed by atoms with E-state index in [1.807, 2.05) is 11.0 Å². The van der Waals surface area contributed by atoms with Crippen LogP contribution in [-0.2, 0) is 0 Å². The third-order valence-electron chi connectivity index (χ3n) is 5.50. The van der Waals surface area contributed by atoms with Crippen LogP contribution in [0.4, 0.5) is 16.1 Å². The molecule has 1 aliphatic rings. The number of hydrogen-bond acceptors (Lipinski definition) is 9. The van der Waals surface area contributed by atoms with E-state index in [0.29, 0.717) is 43.4 Å². The van der Waals surface area contributed by atoms with Crippen molar-refractivity contribution >= 4 is 23.5 Å². The largest absolute Gasteiger partial charge is 0.474 e. The number of oxazole rings is 1. The molecule has 1 fully saturated rings. The summed E-state index contributed by atoms with van der Waals surface area (Å²) in [6.07, 6.45) is 7.06. The zero-order valence-corrected chi connectivity index (χ0v) is 19.3. The molecular formula is C24H24FN7O4. The minimum atomic E-state index is -0.542. The van der Waals surface area contributed by atoms with Crippen molar-refractivity contribution in [2.45, 2.75) is 25.4 Å². The Morgan fingerprint density at radius 1 is 1.22 bits per heavy atom. The van der Waals surface area contributed by atoms with Crippen molar-refractivity contribution in [1.82, 2.24) is 20.3 Å². The number of alkyl halides is 1. The normalized spacial score (nSPS) is 13.6. The number of piperidine rings is 1. The molecule has 4 rings (SSSR count). The SMILES string of the molecule is N#Cc1ccc(OC2CCN(c3nc(C(=O)Nc4ccncc4C(=O)NCCCF)co3)CC2)nc1. The first-order valence-corrected chi connectivity index (χ1v) is 11.4. The van der Waals surface area contributed by atoms with Crippen LogP contribution in [0, 0.1) is 11.3 Å². The standard InChI is InChI=1S/C24H24FN7O4/c25-7-1-8-28-22(33)18-14-27-9-4-19(18)30-23(34)20-15-35-24(31-20)32-10-5-17(6-11-32)36-21-3-2-16(12-26)13-29-21/h2-4,9,13-15,17H,1,5-8,10-11H2,(H,28,33)(H,27,30,34). The summed E-state index contributed by atoms with van der Waals surface area (Å²) in [5.41, 5.74) is 0.947. The van der Waals surface area contributed by atoms with Crippen LogP contribution in [0.25, 0.3) is 0 Å². The van der Waals surface area contributed by atoms with E-state index in [4.69, 9.17) is 14.4 Å². The van der Waals surface area contributed by atoms with Crippen molar-refractivity contribution < 1.29 is 23.1 Å². The number of nitriles is 1. The molecule has 3 aromatic heterocycles. The Morgan fingerprint density at radius 2 is 2.06 bits per heavy atom. The molecule has 1 saturated heterocycles. The van der Waals surface area contributed by atoms with E-state index >= 15 is 0 Å². The molecule has 0 atom stereocenters. The molecule has 3 aromatic rings. The van der Waals surface area contributed by atoms with Crippen LogP contribution in [0.15, 0.2) is 47.5 Å². The lowest BCUT2D eigenvalue weighted by Crippen LogP contribution is -2.38. The van der Waals surface area contributed by atoms with Crippen LogP contribution in [-0.4, -0.2) is 59.2 Å². The number of ether oxygens (including phenoxy) is 1. The Hall–Kier alpha value is -4.53. The van der Waals surface area contributed by atoms with Gasteiger partial charge in [-0.3, -0.25) is 19.0 Å². The summed E-state index contributed by atoms with van der Waals surface area (Å²) in [6, 6.07) is 7.16. The van der Waals surface area contributed by atoms with Crippen molar-refractivity contribution in [2.24, 2.45) is 0 Å². The van der Waals surface area contributed by atoms with Gasteiger partial charge in [0, 0.05) is 57.1 Å². The Bertz CT molecular complexity index is 1230. The van der Waals surface area contributed by atoms with E-state index in [1.165, 1.54) is 30.9 Å². The lowest BCUT2D eigenvalue weighted by molar-refractivity contribution is 0.0953. The van der Waals surface area contributed by atoms with Crippen LogP contribution in [0.2, 0.25) is 0 Å². The number of rotatable bonds is 9. The van der Waals surface area contributed by atoms with Crippen LogP contribution in [0.3, 0.4) is 0 Å². The fraction of sp³-hybridized carbons (Fsp3) is 0.333. The quantitative estimate of drug-likeness (QED) is 0.430. The number of pyridine rings is 2. The second kappa shape index (κ2) is 11.7. The highest BCUT2D eigenvalue weighted by molar-refractivity contribution is 6.08. The minimum Gasteiger partial charge on any atom is -0.474 e. The van der Waals surface area contributed by atoms with Gasteiger partial charge in [0.25, 0.3) is 17.8 Å². The van der Waals surface area contributed by atoms with Crippen LogP contribution in [0.1, 0.15) is 45.7 Å². The van der Waals surface area contributed by atoms with E-state index in [2.05, 4.69) is 25.6 Å². The van der Waals surface area contributed by atoms with E-state index in [0.717, 1.165) is 0 Å². The van der Waals surface area contributed by atoms with Gasteiger partial charge in [0.15, 0.2) is 5.69 Å². The number of halogens is 1. The van der Waals surface area contributed by atoms with E-state index in [-0.39, 0.29) is 36.0 Å². The molecule has 2 amide bonds. The molecular weight excluding hydrogens is 469 g/mol. The van der Waals surface area contributed by atoms with Crippen LogP contribution >= 0.6 is 0 Å². The average Bonchev–Trinajstić information content (AvgIpc) is 3.41. The zero-order chi connectivity index (χ0) is 25.3. The third-order valence-corrected chi connectivity index (χ3v) is 5.50. The molecule has 1 aliphatic heterocycles. The molecule has 11 nitrogen and oxygen atoms in total. The number of anilines is 2. The Labute approximate surface area is 206 Å². The number of carbonyl (C=O) groups excluding carboxylic acids is 2. The number of carbonyl (C=O) groups is 2. The zero-order valence-electron chi connectivity index (χ0n) is 19.3.